The van der Waals surface area contributed by atoms with E-state index in [1.165, 1.54) is 36.0 Å². The number of hydrogen-bond acceptors (Lipinski definition) is 8. The first kappa shape index (κ1) is 27.8. The van der Waals surface area contributed by atoms with Crippen molar-refractivity contribution in [2.75, 3.05) is 23.9 Å². The van der Waals surface area contributed by atoms with E-state index in [0.717, 1.165) is 18.2 Å². The Morgan fingerprint density at radius 3 is 2.54 bits per heavy atom. The molecule has 0 aliphatic carbocycles. The highest BCUT2D eigenvalue weighted by Crippen LogP contribution is 2.25. The van der Waals surface area contributed by atoms with Gasteiger partial charge < -0.3 is 20.1 Å². The number of rotatable bonds is 12. The van der Waals surface area contributed by atoms with Crippen molar-refractivity contribution >= 4 is 52.5 Å². The molecule has 2 N–H and O–H groups in total. The van der Waals surface area contributed by atoms with E-state index in [1.54, 1.807) is 6.26 Å². The van der Waals surface area contributed by atoms with Gasteiger partial charge in [0, 0.05) is 12.1 Å². The van der Waals surface area contributed by atoms with Crippen LogP contribution in [0.5, 0.6) is 5.75 Å². The Bertz CT molecular complexity index is 1090. The average molecular weight is 532 g/mol. The van der Waals surface area contributed by atoms with Crippen LogP contribution >= 0.6 is 23.4 Å². The summed E-state index contributed by atoms with van der Waals surface area (Å²) in [5.41, 5.74) is -0.446. The number of amides is 2. The van der Waals surface area contributed by atoms with Crippen molar-refractivity contribution in [3.63, 3.8) is 0 Å². The highest BCUT2D eigenvalue weighted by Gasteiger charge is 2.25. The molecule has 0 saturated heterocycles. The molecule has 14 heteroatoms. The van der Waals surface area contributed by atoms with Crippen LogP contribution in [0, 0.1) is 10.1 Å². The summed E-state index contributed by atoms with van der Waals surface area (Å²) in [7, 11) is 0. The number of ether oxygens (including phenoxy) is 2. The summed E-state index contributed by atoms with van der Waals surface area (Å²) >= 11 is 7.36. The molecule has 1 atom stereocenters. The van der Waals surface area contributed by atoms with Gasteiger partial charge in [-0.15, -0.1) is 0 Å². The van der Waals surface area contributed by atoms with Crippen LogP contribution in [0.15, 0.2) is 42.5 Å². The second-order valence-corrected chi connectivity index (χ2v) is 8.15. The summed E-state index contributed by atoms with van der Waals surface area (Å²) in [4.78, 5) is 47.5. The molecule has 0 heterocycles. The van der Waals surface area contributed by atoms with Crippen LogP contribution in [-0.2, 0) is 14.3 Å². The molecule has 0 fully saturated rings. The summed E-state index contributed by atoms with van der Waals surface area (Å²) in [5.74, 6) is -2.32. The molecule has 0 bridgehead atoms. The smallest absolute Gasteiger partial charge is 0.387 e. The first-order chi connectivity index (χ1) is 16.6. The molecule has 2 aromatic carbocycles. The fourth-order valence-corrected chi connectivity index (χ4v) is 3.45. The molecule has 0 aliphatic rings. The van der Waals surface area contributed by atoms with E-state index >= 15 is 0 Å². The lowest BCUT2D eigenvalue weighted by Gasteiger charge is -2.18. The number of nitrogens with zero attached hydrogens (tertiary/aromatic N) is 1. The number of anilines is 1. The number of nitro groups is 1. The highest BCUT2D eigenvalue weighted by molar-refractivity contribution is 7.98. The molecule has 0 aromatic heterocycles. The van der Waals surface area contributed by atoms with E-state index in [4.69, 9.17) is 16.3 Å². The number of nitro benzene ring substituents is 1. The summed E-state index contributed by atoms with van der Waals surface area (Å²) in [6, 6.07) is 7.57. The SMILES string of the molecule is CSCCC(NC(=O)c1ccc([N+](=O)[O-])cc1Cl)C(=O)OCC(=O)Nc1ccccc1OC(F)F. The van der Waals surface area contributed by atoms with E-state index in [0.29, 0.717) is 5.75 Å². The van der Waals surface area contributed by atoms with Crippen molar-refractivity contribution in [3.8, 4) is 5.75 Å². The highest BCUT2D eigenvalue weighted by atomic mass is 35.5. The van der Waals surface area contributed by atoms with Crippen molar-refractivity contribution in [2.24, 2.45) is 0 Å². The monoisotopic (exact) mass is 531 g/mol. The van der Waals surface area contributed by atoms with E-state index in [2.05, 4.69) is 15.4 Å². The minimum Gasteiger partial charge on any atom is -0.454 e. The Balaban J connectivity index is 2.02. The Morgan fingerprint density at radius 1 is 1.20 bits per heavy atom. The van der Waals surface area contributed by atoms with Crippen LogP contribution in [-0.4, -0.2) is 54.0 Å². The molecule has 10 nitrogen and oxygen atoms in total. The van der Waals surface area contributed by atoms with Gasteiger partial charge in [0.1, 0.15) is 11.8 Å². The number of halogens is 3. The van der Waals surface area contributed by atoms with Crippen LogP contribution in [0.4, 0.5) is 20.2 Å². The van der Waals surface area contributed by atoms with Crippen LogP contribution < -0.4 is 15.4 Å². The molecule has 0 radical (unpaired) electrons. The Labute approximate surface area is 207 Å². The zero-order valence-corrected chi connectivity index (χ0v) is 19.7. The normalized spacial score (nSPS) is 11.5. The zero-order valence-electron chi connectivity index (χ0n) is 18.2. The molecule has 0 saturated carbocycles. The lowest BCUT2D eigenvalue weighted by molar-refractivity contribution is -0.384. The number of thioether (sulfide) groups is 1. The van der Waals surface area contributed by atoms with Gasteiger partial charge in [0.25, 0.3) is 17.5 Å². The van der Waals surface area contributed by atoms with Crippen LogP contribution in [0.1, 0.15) is 16.8 Å². The maximum absolute atomic E-state index is 12.6. The van der Waals surface area contributed by atoms with Gasteiger partial charge >= 0.3 is 12.6 Å². The van der Waals surface area contributed by atoms with E-state index in [-0.39, 0.29) is 34.1 Å². The van der Waals surface area contributed by atoms with E-state index < -0.39 is 42.0 Å². The second kappa shape index (κ2) is 13.4. The Kier molecular flexibility index (Phi) is 10.7. The average Bonchev–Trinajstić information content (AvgIpc) is 2.80. The van der Waals surface area contributed by atoms with Crippen LogP contribution in [0.25, 0.3) is 0 Å². The number of carbonyl (C=O) groups excluding carboxylic acids is 3. The fourth-order valence-electron chi connectivity index (χ4n) is 2.71. The second-order valence-electron chi connectivity index (χ2n) is 6.76. The van der Waals surface area contributed by atoms with Crippen molar-refractivity contribution < 1.29 is 37.6 Å². The van der Waals surface area contributed by atoms with Gasteiger partial charge in [-0.2, -0.15) is 20.5 Å². The summed E-state index contributed by atoms with van der Waals surface area (Å²) in [6.07, 6.45) is 1.94. The van der Waals surface area contributed by atoms with Gasteiger partial charge in [0.05, 0.1) is 21.2 Å². The van der Waals surface area contributed by atoms with Crippen molar-refractivity contribution in [3.05, 3.63) is 63.2 Å². The third kappa shape index (κ3) is 8.68. The van der Waals surface area contributed by atoms with Crippen LogP contribution in [0.2, 0.25) is 5.02 Å². The number of para-hydroxylation sites is 2. The number of non-ortho nitro benzene ring substituents is 1. The molecule has 1 unspecified atom stereocenters. The lowest BCUT2D eigenvalue weighted by atomic mass is 10.1. The number of nitrogens with one attached hydrogen (secondary N) is 2. The summed E-state index contributed by atoms with van der Waals surface area (Å²) < 4.78 is 34.3. The van der Waals surface area contributed by atoms with Gasteiger partial charge in [0.15, 0.2) is 6.61 Å². The predicted molar refractivity (Wildman–Crippen MR) is 125 cm³/mol. The molecule has 0 spiro atoms. The third-order valence-corrected chi connectivity index (χ3v) is 5.29. The zero-order chi connectivity index (χ0) is 26.0. The number of benzene rings is 2. The molecule has 2 amide bonds. The molecule has 2 aromatic rings. The topological polar surface area (TPSA) is 137 Å². The van der Waals surface area contributed by atoms with Gasteiger partial charge in [-0.25, -0.2) is 4.79 Å². The third-order valence-electron chi connectivity index (χ3n) is 4.33. The maximum Gasteiger partial charge on any atom is 0.387 e. The predicted octanol–water partition coefficient (Wildman–Crippen LogP) is 3.88. The molecular weight excluding hydrogens is 512 g/mol. The molecule has 188 valence electrons. The van der Waals surface area contributed by atoms with Crippen molar-refractivity contribution in [1.82, 2.24) is 5.32 Å². The molecule has 0 aliphatic heterocycles. The summed E-state index contributed by atoms with van der Waals surface area (Å²) in [6.45, 7) is -3.86. The van der Waals surface area contributed by atoms with Gasteiger partial charge in [-0.3, -0.25) is 19.7 Å². The number of esters is 1. The minimum atomic E-state index is -3.10. The van der Waals surface area contributed by atoms with Gasteiger partial charge in [0.2, 0.25) is 0 Å². The summed E-state index contributed by atoms with van der Waals surface area (Å²) in [5, 5.41) is 15.4. The minimum absolute atomic E-state index is 0.0473. The molecule has 2 rings (SSSR count). The van der Waals surface area contributed by atoms with Crippen LogP contribution in [0.3, 0.4) is 0 Å². The maximum atomic E-state index is 12.6. The van der Waals surface area contributed by atoms with Crippen molar-refractivity contribution in [2.45, 2.75) is 19.1 Å². The Morgan fingerprint density at radius 2 is 1.91 bits per heavy atom. The quantitative estimate of drug-likeness (QED) is 0.239. The number of alkyl halides is 2. The first-order valence-electron chi connectivity index (χ1n) is 9.86. The van der Waals surface area contributed by atoms with E-state index in [9.17, 15) is 33.3 Å². The molecule has 35 heavy (non-hydrogen) atoms. The first-order valence-corrected chi connectivity index (χ1v) is 11.6. The van der Waals surface area contributed by atoms with E-state index in [1.807, 2.05) is 0 Å². The fraction of sp³-hybridized carbons (Fsp3) is 0.286. The van der Waals surface area contributed by atoms with Gasteiger partial charge in [-0.1, -0.05) is 23.7 Å². The standard InChI is InChI=1S/C21H20ClF2N3O7S/c1-35-9-8-16(26-19(29)13-7-6-12(27(31)32)10-14(13)22)20(30)33-11-18(28)25-15-4-2-3-5-17(15)34-21(23)24/h2-7,10,16,21H,8-9,11H2,1H3,(H,25,28)(H,26,29). The number of carbonyl (C=O) groups is 3. The largest absolute Gasteiger partial charge is 0.454 e. The Hall–Kier alpha value is -3.45. The lowest BCUT2D eigenvalue weighted by Crippen LogP contribution is -2.43. The van der Waals surface area contributed by atoms with Crippen molar-refractivity contribution in [1.29, 1.82) is 0 Å². The van der Waals surface area contributed by atoms with Gasteiger partial charge in [-0.05, 0) is 36.6 Å². The number of hydrogen-bond donors (Lipinski definition) is 2. The molecular formula is C21H20ClF2N3O7S.